The van der Waals surface area contributed by atoms with Crippen molar-refractivity contribution in [3.05, 3.63) is 60.2 Å². The van der Waals surface area contributed by atoms with Crippen molar-refractivity contribution >= 4 is 23.6 Å². The third-order valence-corrected chi connectivity index (χ3v) is 4.63. The van der Waals surface area contributed by atoms with Crippen molar-refractivity contribution in [1.82, 2.24) is 10.2 Å². The van der Waals surface area contributed by atoms with E-state index >= 15 is 0 Å². The quantitative estimate of drug-likeness (QED) is 0.624. The first kappa shape index (κ1) is 25.7. The van der Waals surface area contributed by atoms with Crippen LogP contribution in [0, 0.1) is 0 Å². The summed E-state index contributed by atoms with van der Waals surface area (Å²) < 4.78 is 10.4. The number of nitrogens with zero attached hydrogens (tertiary/aromatic N) is 1. The molecule has 2 N–H and O–H groups in total. The third-order valence-electron chi connectivity index (χ3n) is 4.63. The fourth-order valence-electron chi connectivity index (χ4n) is 3.24. The van der Waals surface area contributed by atoms with Gasteiger partial charge in [-0.05, 0) is 64.4 Å². The molecule has 1 unspecified atom stereocenters. The Morgan fingerprint density at radius 2 is 1.58 bits per heavy atom. The fraction of sp³-hybridized carbons (Fsp3) is 0.400. The Bertz CT molecular complexity index is 937. The van der Waals surface area contributed by atoms with E-state index in [2.05, 4.69) is 10.6 Å². The normalized spacial score (nSPS) is 12.0. The molecule has 0 aliphatic heterocycles. The number of anilines is 1. The predicted molar refractivity (Wildman–Crippen MR) is 127 cm³/mol. The number of carbonyl (C=O) groups excluding carboxylic acids is 3. The molecule has 0 aliphatic rings. The average Bonchev–Trinajstić information content (AvgIpc) is 2.75. The van der Waals surface area contributed by atoms with Gasteiger partial charge in [-0.1, -0.05) is 30.3 Å². The van der Waals surface area contributed by atoms with Crippen molar-refractivity contribution in [2.24, 2.45) is 0 Å². The summed E-state index contributed by atoms with van der Waals surface area (Å²) in [5.74, 6) is -0.111. The number of amides is 3. The molecule has 0 aliphatic carbocycles. The first-order valence-corrected chi connectivity index (χ1v) is 10.8. The SMILES string of the molecule is COc1ccc(NC(=O)C(c2ccccc2)N(C(=O)CNC(=O)OC(C)(C)C)C(C)C)cc1. The highest BCUT2D eigenvalue weighted by molar-refractivity contribution is 5.98. The van der Waals surface area contributed by atoms with Crippen LogP contribution in [0.3, 0.4) is 0 Å². The van der Waals surface area contributed by atoms with E-state index in [1.54, 1.807) is 64.3 Å². The number of alkyl carbamates (subject to hydrolysis) is 1. The van der Waals surface area contributed by atoms with Crippen molar-refractivity contribution in [3.8, 4) is 5.75 Å². The lowest BCUT2D eigenvalue weighted by molar-refractivity contribution is -0.140. The van der Waals surface area contributed by atoms with E-state index in [9.17, 15) is 14.4 Å². The molecular weight excluding hydrogens is 422 g/mol. The van der Waals surface area contributed by atoms with Crippen molar-refractivity contribution in [1.29, 1.82) is 0 Å². The van der Waals surface area contributed by atoms with Gasteiger partial charge in [-0.15, -0.1) is 0 Å². The zero-order valence-corrected chi connectivity index (χ0v) is 20.0. The maximum Gasteiger partial charge on any atom is 0.408 e. The van der Waals surface area contributed by atoms with E-state index in [-0.39, 0.29) is 18.5 Å². The van der Waals surface area contributed by atoms with Crippen molar-refractivity contribution < 1.29 is 23.9 Å². The van der Waals surface area contributed by atoms with E-state index in [1.807, 2.05) is 32.0 Å². The molecule has 0 radical (unpaired) electrons. The molecule has 0 spiro atoms. The van der Waals surface area contributed by atoms with Gasteiger partial charge in [-0.25, -0.2) is 4.79 Å². The molecule has 178 valence electrons. The Morgan fingerprint density at radius 3 is 2.09 bits per heavy atom. The summed E-state index contributed by atoms with van der Waals surface area (Å²) in [7, 11) is 1.57. The van der Waals surface area contributed by atoms with Crippen LogP contribution >= 0.6 is 0 Å². The topological polar surface area (TPSA) is 97.0 Å². The van der Waals surface area contributed by atoms with Crippen molar-refractivity contribution in [2.75, 3.05) is 19.0 Å². The molecule has 8 heteroatoms. The summed E-state index contributed by atoms with van der Waals surface area (Å²) in [6, 6.07) is 14.8. The van der Waals surface area contributed by atoms with Gasteiger partial charge in [-0.2, -0.15) is 0 Å². The van der Waals surface area contributed by atoms with Crippen LogP contribution in [0.25, 0.3) is 0 Å². The van der Waals surface area contributed by atoms with Gasteiger partial charge in [0, 0.05) is 11.7 Å². The molecule has 0 fully saturated rings. The average molecular weight is 456 g/mol. The molecule has 2 aromatic carbocycles. The molecule has 3 amide bonds. The summed E-state index contributed by atoms with van der Waals surface area (Å²) in [6.07, 6.45) is -0.696. The highest BCUT2D eigenvalue weighted by Crippen LogP contribution is 2.26. The van der Waals surface area contributed by atoms with Gasteiger partial charge in [0.2, 0.25) is 5.91 Å². The molecule has 2 aromatic rings. The molecule has 0 saturated carbocycles. The highest BCUT2D eigenvalue weighted by Gasteiger charge is 2.33. The second kappa shape index (κ2) is 11.4. The van der Waals surface area contributed by atoms with Crippen molar-refractivity contribution in [2.45, 2.75) is 52.3 Å². The van der Waals surface area contributed by atoms with E-state index in [0.717, 1.165) is 0 Å². The van der Waals surface area contributed by atoms with Crippen LogP contribution in [0.15, 0.2) is 54.6 Å². The van der Waals surface area contributed by atoms with E-state index in [1.165, 1.54) is 4.90 Å². The molecule has 8 nitrogen and oxygen atoms in total. The van der Waals surface area contributed by atoms with Crippen LogP contribution < -0.4 is 15.4 Å². The fourth-order valence-corrected chi connectivity index (χ4v) is 3.24. The maximum absolute atomic E-state index is 13.4. The number of benzene rings is 2. The number of hydrogen-bond acceptors (Lipinski definition) is 5. The molecule has 1 atom stereocenters. The van der Waals surface area contributed by atoms with E-state index < -0.39 is 23.6 Å². The molecule has 0 saturated heterocycles. The number of hydrogen-bond donors (Lipinski definition) is 2. The van der Waals surface area contributed by atoms with Gasteiger partial charge >= 0.3 is 6.09 Å². The van der Waals surface area contributed by atoms with Gasteiger partial charge in [0.1, 0.15) is 23.9 Å². The second-order valence-electron chi connectivity index (χ2n) is 8.78. The molecule has 0 bridgehead atoms. The Kier molecular flexibility index (Phi) is 8.85. The number of carbonyl (C=O) groups is 3. The van der Waals surface area contributed by atoms with Gasteiger partial charge in [0.25, 0.3) is 5.91 Å². The van der Waals surface area contributed by atoms with Gasteiger partial charge in [0.05, 0.1) is 7.11 Å². The summed E-state index contributed by atoms with van der Waals surface area (Å²) in [6.45, 7) is 8.56. The Labute approximate surface area is 195 Å². The first-order chi connectivity index (χ1) is 15.5. The maximum atomic E-state index is 13.4. The molecule has 2 rings (SSSR count). The zero-order valence-electron chi connectivity index (χ0n) is 20.0. The molecular formula is C25H33N3O5. The second-order valence-corrected chi connectivity index (χ2v) is 8.78. The monoisotopic (exact) mass is 455 g/mol. The largest absolute Gasteiger partial charge is 0.497 e. The first-order valence-electron chi connectivity index (χ1n) is 10.8. The van der Waals surface area contributed by atoms with E-state index in [4.69, 9.17) is 9.47 Å². The van der Waals surface area contributed by atoms with E-state index in [0.29, 0.717) is 17.0 Å². The predicted octanol–water partition coefficient (Wildman–Crippen LogP) is 4.14. The van der Waals surface area contributed by atoms with Gasteiger partial charge in [-0.3, -0.25) is 9.59 Å². The summed E-state index contributed by atoms with van der Waals surface area (Å²) in [4.78, 5) is 40.1. The van der Waals surface area contributed by atoms with Gasteiger partial charge < -0.3 is 25.0 Å². The van der Waals surface area contributed by atoms with Gasteiger partial charge in [0.15, 0.2) is 0 Å². The smallest absolute Gasteiger partial charge is 0.408 e. The lowest BCUT2D eigenvalue weighted by atomic mass is 10.0. The van der Waals surface area contributed by atoms with Crippen molar-refractivity contribution in [3.63, 3.8) is 0 Å². The van der Waals surface area contributed by atoms with Crippen LogP contribution in [0.4, 0.5) is 10.5 Å². The summed E-state index contributed by atoms with van der Waals surface area (Å²) in [5, 5.41) is 5.36. The number of methoxy groups -OCH3 is 1. The standard InChI is InChI=1S/C25H33N3O5/c1-17(2)28(21(29)16-26-24(31)33-25(3,4)5)22(18-10-8-7-9-11-18)23(30)27-19-12-14-20(32-6)15-13-19/h7-15,17,22H,16H2,1-6H3,(H,26,31)(H,27,30). The molecule has 33 heavy (non-hydrogen) atoms. The highest BCUT2D eigenvalue weighted by atomic mass is 16.6. The minimum Gasteiger partial charge on any atom is -0.497 e. The summed E-state index contributed by atoms with van der Waals surface area (Å²) in [5.41, 5.74) is 0.544. The lowest BCUT2D eigenvalue weighted by Crippen LogP contribution is -2.49. The molecule has 0 heterocycles. The lowest BCUT2D eigenvalue weighted by Gasteiger charge is -2.34. The Balaban J connectivity index is 2.27. The number of rotatable bonds is 8. The van der Waals surface area contributed by atoms with Crippen LogP contribution in [0.5, 0.6) is 5.75 Å². The van der Waals surface area contributed by atoms with Crippen LogP contribution in [0.2, 0.25) is 0 Å². The zero-order chi connectivity index (χ0) is 24.6. The third kappa shape index (κ3) is 7.82. The van der Waals surface area contributed by atoms with Crippen LogP contribution in [-0.4, -0.2) is 48.1 Å². The number of ether oxygens (including phenoxy) is 2. The van der Waals surface area contributed by atoms with Crippen LogP contribution in [0.1, 0.15) is 46.2 Å². The number of nitrogens with one attached hydrogen (secondary N) is 2. The Hall–Kier alpha value is -3.55. The summed E-state index contributed by atoms with van der Waals surface area (Å²) >= 11 is 0. The van der Waals surface area contributed by atoms with Crippen LogP contribution in [-0.2, 0) is 14.3 Å². The molecule has 0 aromatic heterocycles. The minimum absolute atomic E-state index is 0.299. The Morgan fingerprint density at radius 1 is 0.970 bits per heavy atom. The minimum atomic E-state index is -0.902.